The van der Waals surface area contributed by atoms with E-state index < -0.39 is 0 Å². The number of rotatable bonds is 6. The van der Waals surface area contributed by atoms with Crippen LogP contribution in [0.15, 0.2) is 24.3 Å². The normalized spacial score (nSPS) is 22.2. The summed E-state index contributed by atoms with van der Waals surface area (Å²) in [5.74, 6) is 0.639. The van der Waals surface area contributed by atoms with E-state index in [1.807, 2.05) is 34.1 Å². The third-order valence-electron chi connectivity index (χ3n) is 5.67. The Balaban J connectivity index is 0.00000261. The van der Waals surface area contributed by atoms with Crippen LogP contribution in [-0.4, -0.2) is 59.0 Å². The van der Waals surface area contributed by atoms with Gasteiger partial charge in [-0.1, -0.05) is 12.1 Å². The number of carbonyl (C=O) groups is 2. The van der Waals surface area contributed by atoms with E-state index in [4.69, 9.17) is 10.8 Å². The van der Waals surface area contributed by atoms with E-state index in [-0.39, 0.29) is 36.9 Å². The second kappa shape index (κ2) is 10.1. The number of nitrogens with two attached hydrogens (primary N) is 1. The van der Waals surface area contributed by atoms with Gasteiger partial charge in [0.1, 0.15) is 0 Å². The van der Waals surface area contributed by atoms with Gasteiger partial charge in [0.05, 0.1) is 0 Å². The maximum Gasteiger partial charge on any atom is 0.253 e. The monoisotopic (exact) mass is 395 g/mol. The predicted octanol–water partition coefficient (Wildman–Crippen LogP) is 1.79. The minimum atomic E-state index is 0. The second-order valence-electron chi connectivity index (χ2n) is 7.32. The lowest BCUT2D eigenvalue weighted by molar-refractivity contribution is -0.140. The molecular weight excluding hydrogens is 366 g/mol. The van der Waals surface area contributed by atoms with Crippen LogP contribution in [0.1, 0.15) is 48.0 Å². The summed E-state index contributed by atoms with van der Waals surface area (Å²) in [6.45, 7) is 2.76. The highest BCUT2D eigenvalue weighted by molar-refractivity contribution is 5.94. The first-order valence-electron chi connectivity index (χ1n) is 9.62. The minimum absolute atomic E-state index is 0. The number of hydrogen-bond donors (Lipinski definition) is 2. The summed E-state index contributed by atoms with van der Waals surface area (Å²) >= 11 is 0. The molecule has 2 amide bonds. The summed E-state index contributed by atoms with van der Waals surface area (Å²) < 4.78 is 0. The fraction of sp³-hybridized carbons (Fsp3) is 0.600. The average molecular weight is 396 g/mol. The summed E-state index contributed by atoms with van der Waals surface area (Å²) in [7, 11) is 0. The molecule has 2 saturated heterocycles. The second-order valence-corrected chi connectivity index (χ2v) is 7.32. The van der Waals surface area contributed by atoms with Crippen molar-refractivity contribution in [3.8, 4) is 0 Å². The molecule has 3 rings (SSSR count). The summed E-state index contributed by atoms with van der Waals surface area (Å²) in [6.07, 6.45) is 3.82. The van der Waals surface area contributed by atoms with Gasteiger partial charge in [-0.05, 0) is 49.3 Å². The first-order chi connectivity index (χ1) is 12.6. The molecule has 1 aromatic rings. The maximum atomic E-state index is 12.8. The smallest absolute Gasteiger partial charge is 0.253 e. The Hall–Kier alpha value is -1.63. The van der Waals surface area contributed by atoms with Gasteiger partial charge in [0.25, 0.3) is 5.91 Å². The Morgan fingerprint density at radius 1 is 1.19 bits per heavy atom. The van der Waals surface area contributed by atoms with E-state index >= 15 is 0 Å². The van der Waals surface area contributed by atoms with E-state index in [9.17, 15) is 9.59 Å². The first-order valence-corrected chi connectivity index (χ1v) is 9.62. The summed E-state index contributed by atoms with van der Waals surface area (Å²) in [5.41, 5.74) is 7.34. The fourth-order valence-corrected chi connectivity index (χ4v) is 4.19. The Kier molecular flexibility index (Phi) is 8.07. The van der Waals surface area contributed by atoms with Gasteiger partial charge in [-0.15, -0.1) is 12.4 Å². The van der Waals surface area contributed by atoms with Crippen molar-refractivity contribution in [1.29, 1.82) is 0 Å². The van der Waals surface area contributed by atoms with Gasteiger partial charge >= 0.3 is 0 Å². The van der Waals surface area contributed by atoms with Crippen LogP contribution in [0.5, 0.6) is 0 Å². The van der Waals surface area contributed by atoms with Crippen molar-refractivity contribution >= 4 is 24.2 Å². The van der Waals surface area contributed by atoms with Gasteiger partial charge in [-0.25, -0.2) is 0 Å². The number of aliphatic hydroxyl groups excluding tert-OH is 1. The van der Waals surface area contributed by atoms with Crippen molar-refractivity contribution in [3.05, 3.63) is 35.4 Å². The predicted molar refractivity (Wildman–Crippen MR) is 107 cm³/mol. The molecule has 0 spiro atoms. The fourth-order valence-electron chi connectivity index (χ4n) is 4.19. The number of likely N-dealkylation sites (tertiary alicyclic amines) is 2. The topological polar surface area (TPSA) is 86.9 Å². The first kappa shape index (κ1) is 21.7. The molecule has 2 fully saturated rings. The zero-order chi connectivity index (χ0) is 18.5. The van der Waals surface area contributed by atoms with Crippen molar-refractivity contribution in [2.24, 2.45) is 11.7 Å². The van der Waals surface area contributed by atoms with Crippen molar-refractivity contribution in [2.75, 3.05) is 26.2 Å². The van der Waals surface area contributed by atoms with Gasteiger partial charge in [0.15, 0.2) is 0 Å². The molecule has 0 unspecified atom stereocenters. The molecule has 2 atom stereocenters. The van der Waals surface area contributed by atoms with Crippen LogP contribution in [0.3, 0.4) is 0 Å². The molecule has 0 aliphatic carbocycles. The average Bonchev–Trinajstić information content (AvgIpc) is 2.69. The minimum Gasteiger partial charge on any atom is -0.396 e. The number of amides is 2. The van der Waals surface area contributed by atoms with Crippen molar-refractivity contribution < 1.29 is 14.7 Å². The standard InChI is InChI=1S/C20H29N3O3.ClH/c21-13-15-3-5-16(6-4-15)20(26)22-11-9-18-17(14-22)7-8-19(25)23(18)10-1-2-12-24;/h3-6,17-18,24H,1-2,7-14,21H2;1H/t17-,18+;/m0./s1. The molecule has 2 heterocycles. The molecule has 0 aromatic heterocycles. The molecule has 2 aliphatic heterocycles. The van der Waals surface area contributed by atoms with Crippen LogP contribution in [0, 0.1) is 5.92 Å². The number of unbranched alkanes of at least 4 members (excludes halogenated alkanes) is 1. The van der Waals surface area contributed by atoms with Crippen LogP contribution in [-0.2, 0) is 11.3 Å². The molecule has 150 valence electrons. The lowest BCUT2D eigenvalue weighted by Gasteiger charge is -2.47. The molecule has 1 aromatic carbocycles. The van der Waals surface area contributed by atoms with Gasteiger partial charge in [0.2, 0.25) is 5.91 Å². The zero-order valence-corrected chi connectivity index (χ0v) is 16.5. The van der Waals surface area contributed by atoms with Gasteiger partial charge in [0, 0.05) is 50.8 Å². The van der Waals surface area contributed by atoms with Gasteiger partial charge in [-0.3, -0.25) is 9.59 Å². The maximum absolute atomic E-state index is 12.8. The van der Waals surface area contributed by atoms with Crippen LogP contribution >= 0.6 is 12.4 Å². The SMILES string of the molecule is Cl.NCc1ccc(C(=O)N2CC[C@@H]3[C@@H](CCC(=O)N3CCCCO)C2)cc1. The number of benzene rings is 1. The number of nitrogens with zero attached hydrogens (tertiary/aromatic N) is 2. The van der Waals surface area contributed by atoms with Gasteiger partial charge in [-0.2, -0.15) is 0 Å². The number of halogens is 1. The van der Waals surface area contributed by atoms with Crippen molar-refractivity contribution in [1.82, 2.24) is 9.80 Å². The Morgan fingerprint density at radius 3 is 2.59 bits per heavy atom. The number of piperidine rings is 2. The van der Waals surface area contributed by atoms with Crippen LogP contribution in [0.2, 0.25) is 0 Å². The number of hydrogen-bond acceptors (Lipinski definition) is 4. The Bertz CT molecular complexity index is 638. The van der Waals surface area contributed by atoms with Crippen LogP contribution < -0.4 is 5.73 Å². The highest BCUT2D eigenvalue weighted by Crippen LogP contribution is 2.32. The lowest BCUT2D eigenvalue weighted by atomic mass is 9.83. The molecule has 6 nitrogen and oxygen atoms in total. The molecule has 2 aliphatic rings. The molecule has 3 N–H and O–H groups in total. The number of aliphatic hydroxyl groups is 1. The largest absolute Gasteiger partial charge is 0.396 e. The van der Waals surface area contributed by atoms with E-state index in [1.165, 1.54) is 0 Å². The van der Waals surface area contributed by atoms with E-state index in [1.54, 1.807) is 0 Å². The third kappa shape index (κ3) is 5.00. The highest BCUT2D eigenvalue weighted by Gasteiger charge is 2.40. The summed E-state index contributed by atoms with van der Waals surface area (Å²) in [4.78, 5) is 29.1. The molecule has 0 saturated carbocycles. The molecular formula is C20H30ClN3O3. The third-order valence-corrected chi connectivity index (χ3v) is 5.67. The summed E-state index contributed by atoms with van der Waals surface area (Å²) in [6, 6.07) is 7.74. The Morgan fingerprint density at radius 2 is 1.93 bits per heavy atom. The number of fused-ring (bicyclic) bond motifs is 1. The van der Waals surface area contributed by atoms with E-state index in [0.29, 0.717) is 37.5 Å². The molecule has 27 heavy (non-hydrogen) atoms. The lowest BCUT2D eigenvalue weighted by Crippen LogP contribution is -2.57. The quantitative estimate of drug-likeness (QED) is 0.719. The van der Waals surface area contributed by atoms with Crippen molar-refractivity contribution in [2.45, 2.75) is 44.7 Å². The van der Waals surface area contributed by atoms with Crippen LogP contribution in [0.4, 0.5) is 0 Å². The van der Waals surface area contributed by atoms with Gasteiger partial charge < -0.3 is 20.6 Å². The van der Waals surface area contributed by atoms with E-state index in [0.717, 1.165) is 37.8 Å². The molecule has 7 heteroatoms. The molecule has 0 bridgehead atoms. The summed E-state index contributed by atoms with van der Waals surface area (Å²) in [5, 5.41) is 8.98. The molecule has 0 radical (unpaired) electrons. The van der Waals surface area contributed by atoms with Crippen LogP contribution in [0.25, 0.3) is 0 Å². The highest BCUT2D eigenvalue weighted by atomic mass is 35.5. The number of carbonyl (C=O) groups excluding carboxylic acids is 2. The Labute approximate surface area is 167 Å². The van der Waals surface area contributed by atoms with E-state index in [2.05, 4.69) is 0 Å². The van der Waals surface area contributed by atoms with Crippen molar-refractivity contribution in [3.63, 3.8) is 0 Å². The zero-order valence-electron chi connectivity index (χ0n) is 15.7.